The highest BCUT2D eigenvalue weighted by molar-refractivity contribution is 5.76. The van der Waals surface area contributed by atoms with Gasteiger partial charge in [0.1, 0.15) is 5.60 Å². The Labute approximate surface area is 95.6 Å². The van der Waals surface area contributed by atoms with Gasteiger partial charge in [-0.25, -0.2) is 10.3 Å². The highest BCUT2D eigenvalue weighted by Gasteiger charge is 2.18. The first-order valence-corrected chi connectivity index (χ1v) is 5.06. The zero-order valence-corrected chi connectivity index (χ0v) is 10.4. The average Bonchev–Trinajstić information content (AvgIpc) is 1.98. The van der Waals surface area contributed by atoms with Crippen LogP contribution in [0.1, 0.15) is 34.1 Å². The van der Waals surface area contributed by atoms with Crippen molar-refractivity contribution < 1.29 is 19.2 Å². The van der Waals surface area contributed by atoms with Gasteiger partial charge < -0.3 is 10.1 Å². The van der Waals surface area contributed by atoms with E-state index in [4.69, 9.17) is 4.74 Å². The normalized spacial score (nSPS) is 12.8. The molecule has 1 atom stereocenters. The molecule has 2 amide bonds. The molecule has 0 rings (SSSR count). The molecule has 0 saturated carbocycles. The van der Waals surface area contributed by atoms with Gasteiger partial charge in [-0.3, -0.25) is 9.63 Å². The van der Waals surface area contributed by atoms with Crippen molar-refractivity contribution in [2.24, 2.45) is 0 Å². The molecule has 0 saturated heterocycles. The van der Waals surface area contributed by atoms with Crippen molar-refractivity contribution >= 4 is 12.0 Å². The van der Waals surface area contributed by atoms with E-state index in [0.29, 0.717) is 0 Å². The van der Waals surface area contributed by atoms with Gasteiger partial charge in [-0.05, 0) is 27.7 Å². The number of carbonyl (C=O) groups excluding carboxylic acids is 2. The third-order valence-corrected chi connectivity index (χ3v) is 1.47. The predicted molar refractivity (Wildman–Crippen MR) is 58.6 cm³/mol. The Bertz CT molecular complexity index is 248. The standard InChI is InChI=1S/C10H20N2O4/c1-7(6-8(13)12-15-5)11-9(14)16-10(2,3)4/h7H,6H2,1-5H3,(H,11,14)(H,12,13)/t7-/m0/s1. The third kappa shape index (κ3) is 8.05. The monoisotopic (exact) mass is 232 g/mol. The highest BCUT2D eigenvalue weighted by Crippen LogP contribution is 2.07. The molecule has 0 aromatic heterocycles. The lowest BCUT2D eigenvalue weighted by molar-refractivity contribution is -0.131. The number of amides is 2. The maximum absolute atomic E-state index is 11.3. The molecule has 0 unspecified atom stereocenters. The molecule has 2 N–H and O–H groups in total. The number of carbonyl (C=O) groups is 2. The number of hydrogen-bond donors (Lipinski definition) is 2. The van der Waals surface area contributed by atoms with Gasteiger partial charge in [0, 0.05) is 12.5 Å². The van der Waals surface area contributed by atoms with E-state index in [0.717, 1.165) is 0 Å². The van der Waals surface area contributed by atoms with Crippen molar-refractivity contribution in [3.8, 4) is 0 Å². The van der Waals surface area contributed by atoms with Gasteiger partial charge in [0.25, 0.3) is 0 Å². The zero-order valence-electron chi connectivity index (χ0n) is 10.4. The summed E-state index contributed by atoms with van der Waals surface area (Å²) in [5, 5.41) is 2.55. The van der Waals surface area contributed by atoms with Crippen LogP contribution in [-0.4, -0.2) is 30.8 Å². The van der Waals surface area contributed by atoms with Crippen LogP contribution in [-0.2, 0) is 14.4 Å². The summed E-state index contributed by atoms with van der Waals surface area (Å²) < 4.78 is 5.04. The van der Waals surface area contributed by atoms with Gasteiger partial charge in [-0.15, -0.1) is 0 Å². The van der Waals surface area contributed by atoms with Crippen molar-refractivity contribution in [1.82, 2.24) is 10.8 Å². The summed E-state index contributed by atoms with van der Waals surface area (Å²) in [5.41, 5.74) is 1.62. The topological polar surface area (TPSA) is 76.7 Å². The quantitative estimate of drug-likeness (QED) is 0.708. The Balaban J connectivity index is 3.91. The second-order valence-corrected chi connectivity index (χ2v) is 4.48. The van der Waals surface area contributed by atoms with E-state index in [1.54, 1.807) is 27.7 Å². The minimum Gasteiger partial charge on any atom is -0.444 e. The first kappa shape index (κ1) is 14.7. The number of alkyl carbamates (subject to hydrolysis) is 1. The van der Waals surface area contributed by atoms with Crippen LogP contribution < -0.4 is 10.8 Å². The summed E-state index contributed by atoms with van der Waals surface area (Å²) in [6.07, 6.45) is -0.405. The van der Waals surface area contributed by atoms with Gasteiger partial charge in [0.05, 0.1) is 7.11 Å². The Morgan fingerprint density at radius 1 is 1.31 bits per heavy atom. The average molecular weight is 232 g/mol. The van der Waals surface area contributed by atoms with E-state index < -0.39 is 11.7 Å². The highest BCUT2D eigenvalue weighted by atomic mass is 16.6. The molecule has 0 heterocycles. The van der Waals surface area contributed by atoms with E-state index in [1.165, 1.54) is 7.11 Å². The molecule has 0 bridgehead atoms. The lowest BCUT2D eigenvalue weighted by Crippen LogP contribution is -2.40. The molecular weight excluding hydrogens is 212 g/mol. The molecule has 0 fully saturated rings. The number of rotatable bonds is 4. The Morgan fingerprint density at radius 2 is 1.88 bits per heavy atom. The summed E-state index contributed by atoms with van der Waals surface area (Å²) >= 11 is 0. The maximum Gasteiger partial charge on any atom is 0.407 e. The predicted octanol–water partition coefficient (Wildman–Crippen LogP) is 0.967. The lowest BCUT2D eigenvalue weighted by Gasteiger charge is -2.21. The molecule has 16 heavy (non-hydrogen) atoms. The van der Waals surface area contributed by atoms with E-state index in [-0.39, 0.29) is 18.4 Å². The van der Waals surface area contributed by atoms with E-state index >= 15 is 0 Å². The van der Waals surface area contributed by atoms with E-state index in [1.807, 2.05) is 0 Å². The van der Waals surface area contributed by atoms with Gasteiger partial charge >= 0.3 is 6.09 Å². The number of nitrogens with one attached hydrogen (secondary N) is 2. The summed E-state index contributed by atoms with van der Waals surface area (Å²) in [6.45, 7) is 7.03. The number of hydroxylamine groups is 1. The van der Waals surface area contributed by atoms with Crippen LogP contribution >= 0.6 is 0 Å². The van der Waals surface area contributed by atoms with Crippen molar-refractivity contribution in [1.29, 1.82) is 0 Å². The Kier molecular flexibility index (Phi) is 5.81. The van der Waals surface area contributed by atoms with Gasteiger partial charge in [0.2, 0.25) is 5.91 Å². The molecule has 0 aromatic rings. The van der Waals surface area contributed by atoms with Crippen LogP contribution in [0.25, 0.3) is 0 Å². The summed E-state index contributed by atoms with van der Waals surface area (Å²) in [4.78, 5) is 26.9. The molecule has 0 aliphatic rings. The molecule has 0 aromatic carbocycles. The minimum absolute atomic E-state index is 0.132. The second kappa shape index (κ2) is 6.32. The molecule has 0 aliphatic heterocycles. The second-order valence-electron chi connectivity index (χ2n) is 4.48. The molecular formula is C10H20N2O4. The van der Waals surface area contributed by atoms with Crippen LogP contribution in [0.15, 0.2) is 0 Å². The fraction of sp³-hybridized carbons (Fsp3) is 0.800. The van der Waals surface area contributed by atoms with Crippen molar-refractivity contribution in [2.75, 3.05) is 7.11 Å². The SMILES string of the molecule is CONC(=O)C[C@H](C)NC(=O)OC(C)(C)C. The van der Waals surface area contributed by atoms with Gasteiger partial charge in [-0.2, -0.15) is 0 Å². The molecule has 6 nitrogen and oxygen atoms in total. The van der Waals surface area contributed by atoms with E-state index in [9.17, 15) is 9.59 Å². The van der Waals surface area contributed by atoms with E-state index in [2.05, 4.69) is 15.6 Å². The lowest BCUT2D eigenvalue weighted by atomic mass is 10.2. The number of hydrogen-bond acceptors (Lipinski definition) is 4. The first-order chi connectivity index (χ1) is 7.24. The van der Waals surface area contributed by atoms with Crippen LogP contribution in [0.2, 0.25) is 0 Å². The first-order valence-electron chi connectivity index (χ1n) is 5.06. The van der Waals surface area contributed by atoms with Gasteiger partial charge in [-0.1, -0.05) is 0 Å². The summed E-state index contributed by atoms with van der Waals surface area (Å²) in [7, 11) is 1.35. The van der Waals surface area contributed by atoms with Crippen LogP contribution in [0.4, 0.5) is 4.79 Å². The zero-order chi connectivity index (χ0) is 12.8. The summed E-state index contributed by atoms with van der Waals surface area (Å²) in [5.74, 6) is -0.300. The van der Waals surface area contributed by atoms with Crippen molar-refractivity contribution in [2.45, 2.75) is 45.8 Å². The Hall–Kier alpha value is -1.30. The van der Waals surface area contributed by atoms with Gasteiger partial charge in [0.15, 0.2) is 0 Å². The van der Waals surface area contributed by atoms with Crippen molar-refractivity contribution in [3.05, 3.63) is 0 Å². The molecule has 6 heteroatoms. The summed E-state index contributed by atoms with van der Waals surface area (Å²) in [6, 6.07) is -0.315. The maximum atomic E-state index is 11.3. The molecule has 0 radical (unpaired) electrons. The Morgan fingerprint density at radius 3 is 2.31 bits per heavy atom. The fourth-order valence-corrected chi connectivity index (χ4v) is 0.993. The molecule has 0 spiro atoms. The van der Waals surface area contributed by atoms with Crippen LogP contribution in [0.5, 0.6) is 0 Å². The largest absolute Gasteiger partial charge is 0.444 e. The smallest absolute Gasteiger partial charge is 0.407 e. The number of ether oxygens (including phenoxy) is 1. The van der Waals surface area contributed by atoms with Crippen LogP contribution in [0, 0.1) is 0 Å². The third-order valence-electron chi connectivity index (χ3n) is 1.47. The minimum atomic E-state index is -0.543. The molecule has 0 aliphatic carbocycles. The van der Waals surface area contributed by atoms with Crippen LogP contribution in [0.3, 0.4) is 0 Å². The van der Waals surface area contributed by atoms with Crippen molar-refractivity contribution in [3.63, 3.8) is 0 Å². The fourth-order valence-electron chi connectivity index (χ4n) is 0.993. The molecule has 94 valence electrons.